The third-order valence-electron chi connectivity index (χ3n) is 2.64. The summed E-state index contributed by atoms with van der Waals surface area (Å²) in [5, 5.41) is 1.42. The van der Waals surface area contributed by atoms with Gasteiger partial charge in [-0.1, -0.05) is 36.4 Å². The summed E-state index contributed by atoms with van der Waals surface area (Å²) < 4.78 is 38.6. The first-order chi connectivity index (χ1) is 8.02. The SMILES string of the molecule is C=CCc1cc2ccccc2cc1C(F)(F)F. The summed E-state index contributed by atoms with van der Waals surface area (Å²) in [5.41, 5.74) is -0.303. The molecule has 0 heterocycles. The fourth-order valence-corrected chi connectivity index (χ4v) is 1.88. The summed E-state index contributed by atoms with van der Waals surface area (Å²) in [6.07, 6.45) is -2.61. The lowest BCUT2D eigenvalue weighted by Crippen LogP contribution is -2.08. The lowest BCUT2D eigenvalue weighted by Gasteiger charge is -2.13. The molecule has 0 unspecified atom stereocenters. The van der Waals surface area contributed by atoms with Gasteiger partial charge in [-0.3, -0.25) is 0 Å². The minimum absolute atomic E-state index is 0.222. The van der Waals surface area contributed by atoms with Crippen LogP contribution in [0.1, 0.15) is 11.1 Å². The van der Waals surface area contributed by atoms with Crippen molar-refractivity contribution in [1.82, 2.24) is 0 Å². The van der Waals surface area contributed by atoms with Crippen LogP contribution in [-0.4, -0.2) is 0 Å². The predicted molar refractivity (Wildman–Crippen MR) is 62.9 cm³/mol. The quantitative estimate of drug-likeness (QED) is 0.669. The molecule has 0 N–H and O–H groups in total. The molecular formula is C14H11F3. The fourth-order valence-electron chi connectivity index (χ4n) is 1.88. The molecule has 3 heteroatoms. The van der Waals surface area contributed by atoms with E-state index in [1.807, 2.05) is 12.1 Å². The first-order valence-electron chi connectivity index (χ1n) is 5.22. The maximum Gasteiger partial charge on any atom is 0.416 e. The largest absolute Gasteiger partial charge is 0.416 e. The van der Waals surface area contributed by atoms with Gasteiger partial charge in [-0.25, -0.2) is 0 Å². The molecule has 0 fully saturated rings. The van der Waals surface area contributed by atoms with Crippen molar-refractivity contribution in [2.24, 2.45) is 0 Å². The van der Waals surface area contributed by atoms with Crippen molar-refractivity contribution in [3.8, 4) is 0 Å². The number of allylic oxidation sites excluding steroid dienone is 1. The second-order valence-electron chi connectivity index (χ2n) is 3.85. The van der Waals surface area contributed by atoms with Crippen molar-refractivity contribution in [1.29, 1.82) is 0 Å². The minimum atomic E-state index is -4.32. The van der Waals surface area contributed by atoms with Crippen LogP contribution < -0.4 is 0 Å². The number of benzene rings is 2. The molecule has 0 aliphatic rings. The number of fused-ring (bicyclic) bond motifs is 1. The van der Waals surface area contributed by atoms with Gasteiger partial charge in [0.15, 0.2) is 0 Å². The van der Waals surface area contributed by atoms with Gasteiger partial charge in [0, 0.05) is 0 Å². The molecule has 0 amide bonds. The molecule has 17 heavy (non-hydrogen) atoms. The number of alkyl halides is 3. The molecule has 0 atom stereocenters. The Morgan fingerprint density at radius 2 is 1.65 bits per heavy atom. The molecule has 0 bridgehead atoms. The molecule has 0 aliphatic carbocycles. The third-order valence-corrected chi connectivity index (χ3v) is 2.64. The molecule has 0 radical (unpaired) electrons. The fraction of sp³-hybridized carbons (Fsp3) is 0.143. The molecule has 0 saturated heterocycles. The average molecular weight is 236 g/mol. The highest BCUT2D eigenvalue weighted by Crippen LogP contribution is 2.34. The maximum atomic E-state index is 12.9. The van der Waals surface area contributed by atoms with Crippen LogP contribution in [0.3, 0.4) is 0 Å². The van der Waals surface area contributed by atoms with E-state index in [1.54, 1.807) is 18.2 Å². The van der Waals surface area contributed by atoms with Gasteiger partial charge in [0.05, 0.1) is 5.56 Å². The van der Waals surface area contributed by atoms with Crippen LogP contribution in [-0.2, 0) is 12.6 Å². The van der Waals surface area contributed by atoms with E-state index < -0.39 is 11.7 Å². The van der Waals surface area contributed by atoms with E-state index in [2.05, 4.69) is 6.58 Å². The van der Waals surface area contributed by atoms with Crippen LogP contribution in [0.4, 0.5) is 13.2 Å². The monoisotopic (exact) mass is 236 g/mol. The Labute approximate surface area is 97.4 Å². The lowest BCUT2D eigenvalue weighted by molar-refractivity contribution is -0.138. The Morgan fingerprint density at radius 1 is 1.06 bits per heavy atom. The zero-order valence-corrected chi connectivity index (χ0v) is 9.09. The van der Waals surface area contributed by atoms with E-state index in [9.17, 15) is 13.2 Å². The number of rotatable bonds is 2. The lowest BCUT2D eigenvalue weighted by atomic mass is 9.98. The number of hydrogen-bond acceptors (Lipinski definition) is 0. The van der Waals surface area contributed by atoms with Crippen molar-refractivity contribution in [3.05, 3.63) is 60.2 Å². The van der Waals surface area contributed by atoms with Gasteiger partial charge in [-0.15, -0.1) is 6.58 Å². The second-order valence-corrected chi connectivity index (χ2v) is 3.85. The van der Waals surface area contributed by atoms with Gasteiger partial charge in [-0.05, 0) is 28.8 Å². The van der Waals surface area contributed by atoms with Gasteiger partial charge < -0.3 is 0 Å². The Hall–Kier alpha value is -1.77. The summed E-state index contributed by atoms with van der Waals surface area (Å²) >= 11 is 0. The van der Waals surface area contributed by atoms with E-state index in [0.717, 1.165) is 5.39 Å². The van der Waals surface area contributed by atoms with E-state index in [-0.39, 0.29) is 12.0 Å². The topological polar surface area (TPSA) is 0 Å². The Bertz CT molecular complexity index is 553. The zero-order valence-electron chi connectivity index (χ0n) is 9.09. The van der Waals surface area contributed by atoms with Crippen molar-refractivity contribution in [3.63, 3.8) is 0 Å². The Balaban J connectivity index is 2.70. The van der Waals surface area contributed by atoms with E-state index in [1.165, 1.54) is 12.1 Å². The molecular weight excluding hydrogens is 225 g/mol. The summed E-state index contributed by atoms with van der Waals surface area (Å²) in [7, 11) is 0. The Morgan fingerprint density at radius 3 is 2.18 bits per heavy atom. The molecule has 0 spiro atoms. The van der Waals surface area contributed by atoms with Crippen LogP contribution in [0.15, 0.2) is 49.1 Å². The molecule has 0 aliphatic heterocycles. The standard InChI is InChI=1S/C14H11F3/c1-2-5-12-8-10-6-3-4-7-11(10)9-13(12)14(15,16)17/h2-4,6-9H,1,5H2. The number of hydrogen-bond donors (Lipinski definition) is 0. The van der Waals surface area contributed by atoms with Crippen molar-refractivity contribution >= 4 is 10.8 Å². The Kier molecular flexibility index (Phi) is 2.92. The van der Waals surface area contributed by atoms with Gasteiger partial charge >= 0.3 is 6.18 Å². The van der Waals surface area contributed by atoms with Crippen molar-refractivity contribution in [2.75, 3.05) is 0 Å². The van der Waals surface area contributed by atoms with E-state index in [4.69, 9.17) is 0 Å². The van der Waals surface area contributed by atoms with Gasteiger partial charge in [0.2, 0.25) is 0 Å². The van der Waals surface area contributed by atoms with Gasteiger partial charge in [0.25, 0.3) is 0 Å². The highest BCUT2D eigenvalue weighted by atomic mass is 19.4. The molecule has 2 aromatic carbocycles. The highest BCUT2D eigenvalue weighted by molar-refractivity contribution is 5.84. The molecule has 0 aromatic heterocycles. The van der Waals surface area contributed by atoms with Crippen LogP contribution in [0.5, 0.6) is 0 Å². The van der Waals surface area contributed by atoms with E-state index >= 15 is 0 Å². The van der Waals surface area contributed by atoms with Gasteiger partial charge in [0.1, 0.15) is 0 Å². The number of halogens is 3. The van der Waals surface area contributed by atoms with E-state index in [0.29, 0.717) is 5.39 Å². The smallest absolute Gasteiger partial charge is 0.166 e. The minimum Gasteiger partial charge on any atom is -0.166 e. The maximum absolute atomic E-state index is 12.9. The van der Waals surface area contributed by atoms with Gasteiger partial charge in [-0.2, -0.15) is 13.2 Å². The molecule has 0 nitrogen and oxygen atoms in total. The van der Waals surface area contributed by atoms with Crippen molar-refractivity contribution < 1.29 is 13.2 Å². The normalized spacial score (nSPS) is 11.7. The van der Waals surface area contributed by atoms with Crippen LogP contribution in [0.2, 0.25) is 0 Å². The first-order valence-corrected chi connectivity index (χ1v) is 5.22. The van der Waals surface area contributed by atoms with Crippen LogP contribution in [0.25, 0.3) is 10.8 Å². The van der Waals surface area contributed by atoms with Crippen molar-refractivity contribution in [2.45, 2.75) is 12.6 Å². The zero-order chi connectivity index (χ0) is 12.5. The van der Waals surface area contributed by atoms with Crippen LogP contribution >= 0.6 is 0 Å². The molecule has 88 valence electrons. The average Bonchev–Trinajstić information content (AvgIpc) is 2.27. The summed E-state index contributed by atoms with van der Waals surface area (Å²) in [6.45, 7) is 3.49. The molecule has 0 saturated carbocycles. The molecule has 2 rings (SSSR count). The first kappa shape index (κ1) is 11.7. The molecule has 2 aromatic rings. The summed E-state index contributed by atoms with van der Waals surface area (Å²) in [4.78, 5) is 0. The summed E-state index contributed by atoms with van der Waals surface area (Å²) in [6, 6.07) is 9.82. The summed E-state index contributed by atoms with van der Waals surface area (Å²) in [5.74, 6) is 0. The third kappa shape index (κ3) is 2.33. The second kappa shape index (κ2) is 4.24. The van der Waals surface area contributed by atoms with Crippen LogP contribution in [0, 0.1) is 0 Å². The highest BCUT2D eigenvalue weighted by Gasteiger charge is 2.33. The predicted octanol–water partition coefficient (Wildman–Crippen LogP) is 4.59.